The lowest BCUT2D eigenvalue weighted by atomic mass is 10.0. The van der Waals surface area contributed by atoms with Gasteiger partial charge in [-0.3, -0.25) is 0 Å². The van der Waals surface area contributed by atoms with Gasteiger partial charge in [0.2, 0.25) is 0 Å². The van der Waals surface area contributed by atoms with Crippen LogP contribution in [0.1, 0.15) is 17.0 Å². The fourth-order valence-electron chi connectivity index (χ4n) is 4.17. The van der Waals surface area contributed by atoms with Crippen molar-refractivity contribution in [3.63, 3.8) is 0 Å². The van der Waals surface area contributed by atoms with Gasteiger partial charge >= 0.3 is 0 Å². The largest absolute Gasteiger partial charge is 0.353 e. The van der Waals surface area contributed by atoms with Crippen molar-refractivity contribution in [2.24, 2.45) is 12.0 Å². The van der Waals surface area contributed by atoms with Gasteiger partial charge in [-0.1, -0.05) is 12.1 Å². The minimum absolute atomic E-state index is 0.0293. The molecule has 0 aliphatic carbocycles. The summed E-state index contributed by atoms with van der Waals surface area (Å²) in [4.78, 5) is 11.8. The lowest BCUT2D eigenvalue weighted by Gasteiger charge is -2.40. The number of imidazole rings is 1. The highest BCUT2D eigenvalue weighted by Crippen LogP contribution is 2.37. The molecule has 30 heavy (non-hydrogen) atoms. The van der Waals surface area contributed by atoms with Crippen molar-refractivity contribution in [3.8, 4) is 0 Å². The number of nitrogens with one attached hydrogen (secondary N) is 3. The van der Waals surface area contributed by atoms with E-state index >= 15 is 0 Å². The molecule has 1 aromatic heterocycles. The van der Waals surface area contributed by atoms with Crippen molar-refractivity contribution >= 4 is 28.7 Å². The molecular formula is C23H27N7. The minimum Gasteiger partial charge on any atom is -0.353 e. The van der Waals surface area contributed by atoms with Crippen molar-refractivity contribution in [1.82, 2.24) is 20.2 Å². The average molecular weight is 402 g/mol. The number of para-hydroxylation sites is 2. The first-order valence-corrected chi connectivity index (χ1v) is 10.4. The van der Waals surface area contributed by atoms with E-state index in [4.69, 9.17) is 4.98 Å². The number of anilines is 2. The van der Waals surface area contributed by atoms with Crippen molar-refractivity contribution in [2.75, 3.05) is 23.3 Å². The molecule has 1 unspecified atom stereocenters. The predicted octanol–water partition coefficient (Wildman–Crippen LogP) is 3.01. The molecule has 7 heteroatoms. The topological polar surface area (TPSA) is 69.5 Å². The molecule has 7 nitrogen and oxygen atoms in total. The van der Waals surface area contributed by atoms with Crippen LogP contribution in [0.3, 0.4) is 0 Å². The second kappa shape index (κ2) is 7.50. The molecule has 154 valence electrons. The van der Waals surface area contributed by atoms with Crippen molar-refractivity contribution in [3.05, 3.63) is 65.2 Å². The second-order valence-corrected chi connectivity index (χ2v) is 7.94. The van der Waals surface area contributed by atoms with Crippen LogP contribution < -0.4 is 20.9 Å². The van der Waals surface area contributed by atoms with Crippen LogP contribution in [0.4, 0.5) is 11.4 Å². The third-order valence-electron chi connectivity index (χ3n) is 6.00. The lowest BCUT2D eigenvalue weighted by molar-refractivity contribution is 0.595. The summed E-state index contributed by atoms with van der Waals surface area (Å²) in [6, 6.07) is 12.7. The number of aryl methyl sites for hydroxylation is 3. The zero-order chi connectivity index (χ0) is 20.7. The number of fused-ring (bicyclic) bond motifs is 3. The van der Waals surface area contributed by atoms with Crippen LogP contribution >= 0.6 is 0 Å². The fourth-order valence-corrected chi connectivity index (χ4v) is 4.17. The molecule has 1 atom stereocenters. The summed E-state index contributed by atoms with van der Waals surface area (Å²) in [5.41, 5.74) is 8.18. The molecule has 3 N–H and O–H groups in total. The van der Waals surface area contributed by atoms with Gasteiger partial charge in [-0.2, -0.15) is 0 Å². The first-order chi connectivity index (χ1) is 14.6. The van der Waals surface area contributed by atoms with E-state index in [-0.39, 0.29) is 6.17 Å². The fraction of sp³-hybridized carbons (Fsp3) is 0.304. The van der Waals surface area contributed by atoms with E-state index in [1.54, 1.807) is 6.34 Å². The van der Waals surface area contributed by atoms with Crippen LogP contribution in [-0.2, 0) is 13.6 Å². The molecule has 0 spiro atoms. The van der Waals surface area contributed by atoms with E-state index in [9.17, 15) is 0 Å². The minimum atomic E-state index is -0.0293. The van der Waals surface area contributed by atoms with Crippen molar-refractivity contribution in [1.29, 1.82) is 0 Å². The molecule has 0 bridgehead atoms. The summed E-state index contributed by atoms with van der Waals surface area (Å²) < 4.78 is 2.16. The van der Waals surface area contributed by atoms with E-state index in [1.807, 2.05) is 12.3 Å². The van der Waals surface area contributed by atoms with E-state index in [2.05, 4.69) is 81.6 Å². The van der Waals surface area contributed by atoms with Crippen molar-refractivity contribution in [2.45, 2.75) is 26.6 Å². The first-order valence-electron chi connectivity index (χ1n) is 10.4. The normalized spacial score (nSPS) is 17.2. The van der Waals surface area contributed by atoms with E-state index < -0.39 is 0 Å². The Labute approximate surface area is 176 Å². The van der Waals surface area contributed by atoms with Gasteiger partial charge in [-0.25, -0.2) is 9.98 Å². The zero-order valence-corrected chi connectivity index (χ0v) is 17.6. The standard InChI is InChI=1S/C23H27N7/c1-15-10-18-21(11-16(15)2)30(23-19(27-18)12-25-14-26-23)9-8-24-13-22-28-17-6-4-5-7-20(17)29(22)3/h4-7,10-12,14,23-24,27H,8-9,13H2,1-3H3,(H,25,26). The second-order valence-electron chi connectivity index (χ2n) is 7.94. The molecule has 0 amide bonds. The number of hydrogen-bond donors (Lipinski definition) is 3. The highest BCUT2D eigenvalue weighted by Gasteiger charge is 2.30. The monoisotopic (exact) mass is 401 g/mol. The summed E-state index contributed by atoms with van der Waals surface area (Å²) in [5.74, 6) is 1.05. The summed E-state index contributed by atoms with van der Waals surface area (Å²) in [5, 5.41) is 10.2. The van der Waals surface area contributed by atoms with Gasteiger partial charge in [0.05, 0.1) is 41.0 Å². The first kappa shape index (κ1) is 18.7. The summed E-state index contributed by atoms with van der Waals surface area (Å²) in [6.45, 7) is 6.73. The Morgan fingerprint density at radius 3 is 2.83 bits per heavy atom. The zero-order valence-electron chi connectivity index (χ0n) is 17.6. The number of hydrogen-bond acceptors (Lipinski definition) is 6. The Balaban J connectivity index is 1.32. The number of nitrogens with zero attached hydrogens (tertiary/aromatic N) is 4. The molecule has 2 aromatic carbocycles. The smallest absolute Gasteiger partial charge is 0.165 e. The van der Waals surface area contributed by atoms with Gasteiger partial charge in [0, 0.05) is 26.3 Å². The SMILES string of the molecule is Cc1cc2c(cc1C)N(CCNCc1nc3ccccc3n1C)C1N=CNC=C1N2. The third kappa shape index (κ3) is 3.21. The Morgan fingerprint density at radius 1 is 1.13 bits per heavy atom. The van der Waals surface area contributed by atoms with Crippen LogP contribution in [-0.4, -0.2) is 35.1 Å². The number of aliphatic imine (C=N–C) groups is 1. The van der Waals surface area contributed by atoms with Crippen LogP contribution in [0.15, 0.2) is 53.3 Å². The molecule has 0 saturated carbocycles. The van der Waals surface area contributed by atoms with Crippen LogP contribution in [0.25, 0.3) is 11.0 Å². The molecule has 2 aliphatic heterocycles. The quantitative estimate of drug-likeness (QED) is 0.574. The molecule has 2 aliphatic rings. The molecule has 0 radical (unpaired) electrons. The maximum Gasteiger partial charge on any atom is 0.165 e. The maximum atomic E-state index is 4.76. The summed E-state index contributed by atoms with van der Waals surface area (Å²) in [6.07, 6.45) is 3.73. The van der Waals surface area contributed by atoms with Gasteiger partial charge in [0.25, 0.3) is 0 Å². The Morgan fingerprint density at radius 2 is 1.97 bits per heavy atom. The van der Waals surface area contributed by atoms with Gasteiger partial charge in [-0.05, 0) is 49.2 Å². The third-order valence-corrected chi connectivity index (χ3v) is 6.00. The maximum absolute atomic E-state index is 4.76. The molecule has 3 heterocycles. The highest BCUT2D eigenvalue weighted by atomic mass is 15.3. The molecule has 0 fully saturated rings. The Hall–Kier alpha value is -3.32. The van der Waals surface area contributed by atoms with Gasteiger partial charge < -0.3 is 25.4 Å². The van der Waals surface area contributed by atoms with E-state index in [0.29, 0.717) is 0 Å². The molecule has 5 rings (SSSR count). The van der Waals surface area contributed by atoms with Crippen molar-refractivity contribution < 1.29 is 0 Å². The lowest BCUT2D eigenvalue weighted by Crippen LogP contribution is -2.46. The summed E-state index contributed by atoms with van der Waals surface area (Å²) >= 11 is 0. The van der Waals surface area contributed by atoms with Crippen LogP contribution in [0.5, 0.6) is 0 Å². The average Bonchev–Trinajstić information content (AvgIpc) is 3.07. The van der Waals surface area contributed by atoms with Crippen LogP contribution in [0, 0.1) is 13.8 Å². The Kier molecular flexibility index (Phi) is 4.67. The number of benzene rings is 2. The van der Waals surface area contributed by atoms with E-state index in [0.717, 1.165) is 47.9 Å². The number of rotatable bonds is 5. The van der Waals surface area contributed by atoms with E-state index in [1.165, 1.54) is 16.8 Å². The van der Waals surface area contributed by atoms with Gasteiger partial charge in [0.1, 0.15) is 5.82 Å². The Bertz CT molecular complexity index is 1160. The number of aromatic nitrogens is 2. The van der Waals surface area contributed by atoms with Gasteiger partial charge in [-0.15, -0.1) is 0 Å². The molecule has 3 aromatic rings. The predicted molar refractivity (Wildman–Crippen MR) is 123 cm³/mol. The highest BCUT2D eigenvalue weighted by molar-refractivity contribution is 5.79. The molecule has 0 saturated heterocycles. The van der Waals surface area contributed by atoms with Crippen LogP contribution in [0.2, 0.25) is 0 Å². The summed E-state index contributed by atoms with van der Waals surface area (Å²) in [7, 11) is 2.07. The molecular weight excluding hydrogens is 374 g/mol. The van der Waals surface area contributed by atoms with Gasteiger partial charge in [0.15, 0.2) is 6.17 Å².